The van der Waals surface area contributed by atoms with Crippen LogP contribution in [-0.4, -0.2) is 48.8 Å². The average molecular weight is 243 g/mol. The predicted molar refractivity (Wildman–Crippen MR) is 67.1 cm³/mol. The fourth-order valence-electron chi connectivity index (χ4n) is 3.10. The lowest BCUT2D eigenvalue weighted by atomic mass is 9.78. The van der Waals surface area contributed by atoms with Crippen LogP contribution in [0.3, 0.4) is 0 Å². The van der Waals surface area contributed by atoms with Gasteiger partial charge in [0.25, 0.3) is 0 Å². The molecule has 0 aromatic heterocycles. The Morgan fingerprint density at radius 1 is 1.35 bits per heavy atom. The largest absolute Gasteiger partial charge is 0.480 e. The van der Waals surface area contributed by atoms with E-state index in [-0.39, 0.29) is 6.54 Å². The lowest BCUT2D eigenvalue weighted by molar-refractivity contribution is -0.140. The number of rotatable bonds is 6. The first-order valence-corrected chi connectivity index (χ1v) is 6.51. The lowest BCUT2D eigenvalue weighted by Gasteiger charge is -2.42. The fraction of sp³-hybridized carbons (Fsp3) is 0.923. The van der Waals surface area contributed by atoms with Gasteiger partial charge in [0, 0.05) is 19.7 Å². The van der Waals surface area contributed by atoms with Gasteiger partial charge in [-0.3, -0.25) is 9.69 Å². The second-order valence-corrected chi connectivity index (χ2v) is 5.23. The first kappa shape index (κ1) is 14.5. The summed E-state index contributed by atoms with van der Waals surface area (Å²) in [7, 11) is 1.66. The summed E-state index contributed by atoms with van der Waals surface area (Å²) in [6.45, 7) is 5.91. The van der Waals surface area contributed by atoms with Crippen LogP contribution in [0.2, 0.25) is 0 Å². The highest BCUT2D eigenvalue weighted by atomic mass is 16.5. The highest BCUT2D eigenvalue weighted by Gasteiger charge is 2.33. The maximum absolute atomic E-state index is 10.9. The van der Waals surface area contributed by atoms with Gasteiger partial charge < -0.3 is 9.84 Å². The lowest BCUT2D eigenvalue weighted by Crippen LogP contribution is -2.49. The van der Waals surface area contributed by atoms with Gasteiger partial charge in [0.2, 0.25) is 0 Å². The van der Waals surface area contributed by atoms with Gasteiger partial charge in [0.05, 0.1) is 13.2 Å². The molecule has 0 heterocycles. The van der Waals surface area contributed by atoms with E-state index in [2.05, 4.69) is 18.7 Å². The van der Waals surface area contributed by atoms with E-state index < -0.39 is 5.97 Å². The normalized spacial score (nSPS) is 29.5. The van der Waals surface area contributed by atoms with Gasteiger partial charge in [-0.25, -0.2) is 0 Å². The molecule has 1 aliphatic carbocycles. The summed E-state index contributed by atoms with van der Waals surface area (Å²) in [6, 6.07) is 0.384. The van der Waals surface area contributed by atoms with E-state index in [1.807, 2.05) is 0 Å². The standard InChI is InChI=1S/C13H25NO3/c1-10-5-4-6-11(2)13(10)14(7-8-17-3)9-12(15)16/h10-11,13H,4-9H2,1-3H3,(H,15,16). The van der Waals surface area contributed by atoms with E-state index in [4.69, 9.17) is 9.84 Å². The molecule has 0 amide bonds. The third kappa shape index (κ3) is 4.28. The van der Waals surface area contributed by atoms with E-state index in [9.17, 15) is 4.79 Å². The van der Waals surface area contributed by atoms with Crippen LogP contribution in [0.4, 0.5) is 0 Å². The van der Waals surface area contributed by atoms with Crippen LogP contribution in [0.5, 0.6) is 0 Å². The molecule has 17 heavy (non-hydrogen) atoms. The number of nitrogens with zero attached hydrogens (tertiary/aromatic N) is 1. The molecule has 1 rings (SSSR count). The molecule has 0 spiro atoms. The minimum absolute atomic E-state index is 0.128. The molecule has 2 unspecified atom stereocenters. The first-order valence-electron chi connectivity index (χ1n) is 6.51. The third-order valence-corrected chi connectivity index (χ3v) is 3.83. The summed E-state index contributed by atoms with van der Waals surface area (Å²) >= 11 is 0. The van der Waals surface area contributed by atoms with Crippen LogP contribution in [0, 0.1) is 11.8 Å². The molecule has 2 atom stereocenters. The summed E-state index contributed by atoms with van der Waals surface area (Å²) in [5, 5.41) is 9.00. The Balaban J connectivity index is 2.67. The highest BCUT2D eigenvalue weighted by Crippen LogP contribution is 2.32. The molecule has 0 bridgehead atoms. The van der Waals surface area contributed by atoms with Crippen LogP contribution in [0.25, 0.3) is 0 Å². The van der Waals surface area contributed by atoms with Gasteiger partial charge in [-0.15, -0.1) is 0 Å². The van der Waals surface area contributed by atoms with Gasteiger partial charge >= 0.3 is 5.97 Å². The highest BCUT2D eigenvalue weighted by molar-refractivity contribution is 5.69. The number of methoxy groups -OCH3 is 1. The van der Waals surface area contributed by atoms with E-state index in [1.54, 1.807) is 7.11 Å². The van der Waals surface area contributed by atoms with Crippen molar-refractivity contribution in [1.29, 1.82) is 0 Å². The maximum Gasteiger partial charge on any atom is 0.317 e. The van der Waals surface area contributed by atoms with E-state index >= 15 is 0 Å². The number of carbonyl (C=O) groups is 1. The number of aliphatic carboxylic acids is 1. The number of hydrogen-bond acceptors (Lipinski definition) is 3. The van der Waals surface area contributed by atoms with Crippen molar-refractivity contribution in [2.45, 2.75) is 39.2 Å². The minimum Gasteiger partial charge on any atom is -0.480 e. The zero-order valence-electron chi connectivity index (χ0n) is 11.2. The number of hydrogen-bond donors (Lipinski definition) is 1. The zero-order chi connectivity index (χ0) is 12.8. The van der Waals surface area contributed by atoms with E-state index in [1.165, 1.54) is 19.3 Å². The van der Waals surface area contributed by atoms with Crippen LogP contribution in [-0.2, 0) is 9.53 Å². The van der Waals surface area contributed by atoms with Crippen molar-refractivity contribution in [1.82, 2.24) is 4.90 Å². The molecular weight excluding hydrogens is 218 g/mol. The van der Waals surface area contributed by atoms with Crippen molar-refractivity contribution >= 4 is 5.97 Å². The Morgan fingerprint density at radius 3 is 2.41 bits per heavy atom. The molecule has 100 valence electrons. The van der Waals surface area contributed by atoms with Crippen molar-refractivity contribution in [2.24, 2.45) is 11.8 Å². The molecule has 0 aromatic carbocycles. The molecule has 1 N–H and O–H groups in total. The Morgan fingerprint density at radius 2 is 1.94 bits per heavy atom. The summed E-state index contributed by atoms with van der Waals surface area (Å²) in [4.78, 5) is 13.0. The fourth-order valence-corrected chi connectivity index (χ4v) is 3.10. The van der Waals surface area contributed by atoms with Crippen molar-refractivity contribution in [2.75, 3.05) is 26.8 Å². The van der Waals surface area contributed by atoms with Crippen LogP contribution >= 0.6 is 0 Å². The quantitative estimate of drug-likeness (QED) is 0.773. The number of ether oxygens (including phenoxy) is 1. The molecule has 0 aromatic rings. The summed E-state index contributed by atoms with van der Waals surface area (Å²) in [5.74, 6) is 0.413. The molecule has 0 aliphatic heterocycles. The second kappa shape index (κ2) is 6.97. The van der Waals surface area contributed by atoms with Crippen LogP contribution < -0.4 is 0 Å². The minimum atomic E-state index is -0.744. The zero-order valence-corrected chi connectivity index (χ0v) is 11.2. The van der Waals surface area contributed by atoms with Crippen molar-refractivity contribution in [3.8, 4) is 0 Å². The maximum atomic E-state index is 10.9. The second-order valence-electron chi connectivity index (χ2n) is 5.23. The van der Waals surface area contributed by atoms with Gasteiger partial charge in [0.1, 0.15) is 0 Å². The smallest absolute Gasteiger partial charge is 0.317 e. The van der Waals surface area contributed by atoms with Crippen molar-refractivity contribution in [3.05, 3.63) is 0 Å². The molecule has 0 radical (unpaired) electrons. The van der Waals surface area contributed by atoms with Gasteiger partial charge in [-0.1, -0.05) is 20.3 Å². The topological polar surface area (TPSA) is 49.8 Å². The van der Waals surface area contributed by atoms with Gasteiger partial charge in [-0.2, -0.15) is 0 Å². The molecule has 0 saturated heterocycles. The van der Waals surface area contributed by atoms with Gasteiger partial charge in [-0.05, 0) is 24.7 Å². The summed E-state index contributed by atoms with van der Waals surface area (Å²) < 4.78 is 5.08. The van der Waals surface area contributed by atoms with E-state index in [0.29, 0.717) is 31.0 Å². The molecule has 1 aliphatic rings. The predicted octanol–water partition coefficient (Wildman–Crippen LogP) is 1.84. The Hall–Kier alpha value is -0.610. The van der Waals surface area contributed by atoms with E-state index in [0.717, 1.165) is 0 Å². The summed E-state index contributed by atoms with van der Waals surface area (Å²) in [5.41, 5.74) is 0. The molecule has 1 fully saturated rings. The Bertz CT molecular complexity index is 235. The molecule has 1 saturated carbocycles. The van der Waals surface area contributed by atoms with Crippen molar-refractivity contribution in [3.63, 3.8) is 0 Å². The monoisotopic (exact) mass is 243 g/mol. The van der Waals surface area contributed by atoms with Crippen LogP contribution in [0.1, 0.15) is 33.1 Å². The molecule has 4 nitrogen and oxygen atoms in total. The number of carboxylic acids is 1. The molecule has 4 heteroatoms. The Kier molecular flexibility index (Phi) is 5.92. The summed E-state index contributed by atoms with van der Waals surface area (Å²) in [6.07, 6.45) is 3.68. The van der Waals surface area contributed by atoms with Crippen molar-refractivity contribution < 1.29 is 14.6 Å². The Labute approximate surface area is 104 Å². The first-order chi connectivity index (χ1) is 8.06. The average Bonchev–Trinajstić information content (AvgIpc) is 2.24. The van der Waals surface area contributed by atoms with Gasteiger partial charge in [0.15, 0.2) is 0 Å². The van der Waals surface area contributed by atoms with Crippen LogP contribution in [0.15, 0.2) is 0 Å². The molecular formula is C13H25NO3. The third-order valence-electron chi connectivity index (χ3n) is 3.83. The SMILES string of the molecule is COCCN(CC(=O)O)C1C(C)CCCC1C. The number of carboxylic acid groups (broad SMARTS) is 1.